The number of hydrogen-bond acceptors (Lipinski definition) is 5. The zero-order chi connectivity index (χ0) is 11.0. The molecule has 8 heteroatoms. The Morgan fingerprint density at radius 3 is 2.29 bits per heavy atom. The van der Waals surface area contributed by atoms with E-state index in [1.165, 1.54) is 0 Å². The third-order valence-corrected chi connectivity index (χ3v) is 1.18. The van der Waals surface area contributed by atoms with Crippen LogP contribution in [0.2, 0.25) is 0 Å². The lowest BCUT2D eigenvalue weighted by Gasteiger charge is -1.83. The van der Waals surface area contributed by atoms with Crippen LogP contribution >= 0.6 is 0 Å². The summed E-state index contributed by atoms with van der Waals surface area (Å²) in [4.78, 5) is 13.2. The third kappa shape index (κ3) is 8.14. The van der Waals surface area contributed by atoms with E-state index in [2.05, 4.69) is 15.1 Å². The lowest BCUT2D eigenvalue weighted by atomic mass is 10.4. The summed E-state index contributed by atoms with van der Waals surface area (Å²) in [6.07, 6.45) is 3.30. The van der Waals surface area contributed by atoms with Gasteiger partial charge in [0.15, 0.2) is 0 Å². The molecule has 0 spiro atoms. The predicted octanol–water partition coefficient (Wildman–Crippen LogP) is -0.208. The first kappa shape index (κ1) is 12.0. The Labute approximate surface area is 81.5 Å². The largest absolute Gasteiger partial charge is 0.397 e. The average Bonchev–Trinajstić information content (AvgIpc) is 2.03. The van der Waals surface area contributed by atoms with E-state index in [4.69, 9.17) is 5.73 Å². The number of nitrogens with zero attached hydrogens (tertiary/aromatic N) is 2. The molecule has 0 aliphatic carbocycles. The van der Waals surface area contributed by atoms with Crippen molar-refractivity contribution in [2.45, 2.75) is 0 Å². The van der Waals surface area contributed by atoms with Gasteiger partial charge in [-0.05, 0) is 12.1 Å². The van der Waals surface area contributed by atoms with Crippen molar-refractivity contribution in [1.82, 2.24) is 4.98 Å². The summed E-state index contributed by atoms with van der Waals surface area (Å²) in [6.45, 7) is 0. The minimum absolute atomic E-state index is 0.711. The van der Waals surface area contributed by atoms with E-state index in [0.29, 0.717) is 5.69 Å². The van der Waals surface area contributed by atoms with Crippen LogP contribution in [0.15, 0.2) is 28.9 Å². The number of carbonyl (C=O) groups is 1. The van der Waals surface area contributed by atoms with Crippen LogP contribution in [0, 0.1) is 0 Å². The summed E-state index contributed by atoms with van der Waals surface area (Å²) < 4.78 is 21.0. The van der Waals surface area contributed by atoms with Crippen molar-refractivity contribution >= 4 is 22.2 Å². The maximum atomic E-state index is 9.47. The van der Waals surface area contributed by atoms with Gasteiger partial charge in [-0.3, -0.25) is 4.98 Å². The molecule has 0 aliphatic heterocycles. The molecular weight excluding hydrogens is 208 g/mol. The van der Waals surface area contributed by atoms with Crippen molar-refractivity contribution in [2.75, 3.05) is 5.73 Å². The van der Waals surface area contributed by atoms with Crippen LogP contribution in [0.1, 0.15) is 0 Å². The van der Waals surface area contributed by atoms with E-state index < -0.39 is 16.5 Å². The van der Waals surface area contributed by atoms with Crippen LogP contribution in [0.3, 0.4) is 0 Å². The minimum atomic E-state index is -2.70. The Balaban J connectivity index is 0.000000241. The number of anilines is 1. The van der Waals surface area contributed by atoms with Crippen molar-refractivity contribution in [3.05, 3.63) is 24.5 Å². The molecule has 0 radical (unpaired) electrons. The standard InChI is InChI=1S/C5H6N2.CH2N2O3S/c6-5-2-1-3-7-4-5;2-1(4)3-7(5)6/h1-4H,6H2;(H2,2,4). The molecule has 0 fully saturated rings. The third-order valence-electron chi connectivity index (χ3n) is 0.849. The molecular formula is C6H8N4O3S. The van der Waals surface area contributed by atoms with Gasteiger partial charge in [0.05, 0.1) is 5.69 Å². The molecule has 7 nitrogen and oxygen atoms in total. The van der Waals surface area contributed by atoms with Gasteiger partial charge >= 0.3 is 16.5 Å². The fourth-order valence-electron chi connectivity index (χ4n) is 0.449. The SMILES string of the molecule is NC(=O)N=S(=O)=O.Nc1cccnc1. The van der Waals surface area contributed by atoms with E-state index in [9.17, 15) is 13.2 Å². The van der Waals surface area contributed by atoms with Crippen molar-refractivity contribution in [2.24, 2.45) is 10.1 Å². The number of pyridine rings is 1. The summed E-state index contributed by atoms with van der Waals surface area (Å²) >= 11 is 0. The number of nitrogens with two attached hydrogens (primary N) is 2. The second-order valence-corrected chi connectivity index (χ2v) is 2.55. The van der Waals surface area contributed by atoms with Crippen molar-refractivity contribution in [3.63, 3.8) is 0 Å². The van der Waals surface area contributed by atoms with E-state index in [-0.39, 0.29) is 0 Å². The maximum absolute atomic E-state index is 9.47. The van der Waals surface area contributed by atoms with Gasteiger partial charge in [-0.2, -0.15) is 8.42 Å². The Morgan fingerprint density at radius 1 is 1.50 bits per heavy atom. The quantitative estimate of drug-likeness (QED) is 0.620. The number of rotatable bonds is 0. The van der Waals surface area contributed by atoms with Crippen LogP contribution in [0.25, 0.3) is 0 Å². The molecule has 0 bridgehead atoms. The van der Waals surface area contributed by atoms with Crippen LogP contribution < -0.4 is 11.5 Å². The van der Waals surface area contributed by atoms with Crippen molar-refractivity contribution in [3.8, 4) is 0 Å². The van der Waals surface area contributed by atoms with Crippen LogP contribution in [-0.4, -0.2) is 19.4 Å². The predicted molar refractivity (Wildman–Crippen MR) is 49.6 cm³/mol. The first-order valence-corrected chi connectivity index (χ1v) is 4.31. The zero-order valence-electron chi connectivity index (χ0n) is 6.99. The summed E-state index contributed by atoms with van der Waals surface area (Å²) in [5, 5.41) is 0. The molecule has 4 N–H and O–H groups in total. The van der Waals surface area contributed by atoms with Gasteiger partial charge in [-0.1, -0.05) is 4.36 Å². The molecule has 0 aliphatic rings. The highest BCUT2D eigenvalue weighted by atomic mass is 32.2. The number of primary amides is 1. The number of nitrogen functional groups attached to an aromatic ring is 1. The Kier molecular flexibility index (Phi) is 5.63. The van der Waals surface area contributed by atoms with Gasteiger partial charge in [0.1, 0.15) is 0 Å². The fraction of sp³-hybridized carbons (Fsp3) is 0. The van der Waals surface area contributed by atoms with E-state index in [1.807, 2.05) is 0 Å². The summed E-state index contributed by atoms with van der Waals surface area (Å²) in [5.41, 5.74) is 10.3. The van der Waals surface area contributed by atoms with Gasteiger partial charge in [0, 0.05) is 12.4 Å². The minimum Gasteiger partial charge on any atom is -0.397 e. The Bertz CT molecular complexity index is 406. The molecule has 0 unspecified atom stereocenters. The molecule has 2 amide bonds. The van der Waals surface area contributed by atoms with Crippen LogP contribution in [0.5, 0.6) is 0 Å². The van der Waals surface area contributed by atoms with E-state index >= 15 is 0 Å². The molecule has 14 heavy (non-hydrogen) atoms. The lowest BCUT2D eigenvalue weighted by Crippen LogP contribution is -2.02. The fourth-order valence-corrected chi connectivity index (χ4v) is 0.596. The number of carbonyl (C=O) groups excluding carboxylic acids is 1. The topological polar surface area (TPSA) is 128 Å². The number of hydrogen-bond donors (Lipinski definition) is 2. The molecule has 0 saturated heterocycles. The first-order chi connectivity index (χ1) is 6.52. The summed E-state index contributed by atoms with van der Waals surface area (Å²) in [5.74, 6) is 0. The molecule has 1 rings (SSSR count). The maximum Gasteiger partial charge on any atom is 0.353 e. The molecule has 0 aromatic carbocycles. The van der Waals surface area contributed by atoms with Gasteiger partial charge in [0.25, 0.3) is 0 Å². The van der Waals surface area contributed by atoms with Crippen molar-refractivity contribution < 1.29 is 13.2 Å². The monoisotopic (exact) mass is 216 g/mol. The lowest BCUT2D eigenvalue weighted by molar-refractivity contribution is 0.257. The average molecular weight is 216 g/mol. The first-order valence-electron chi connectivity index (χ1n) is 3.28. The smallest absolute Gasteiger partial charge is 0.353 e. The molecule has 0 atom stereocenters. The Morgan fingerprint density at radius 2 is 2.14 bits per heavy atom. The number of urea groups is 1. The van der Waals surface area contributed by atoms with Crippen molar-refractivity contribution in [1.29, 1.82) is 0 Å². The van der Waals surface area contributed by atoms with Gasteiger partial charge in [0.2, 0.25) is 0 Å². The number of aromatic nitrogens is 1. The molecule has 0 saturated carbocycles. The van der Waals surface area contributed by atoms with Gasteiger partial charge in [-0.25, -0.2) is 4.79 Å². The molecule has 1 heterocycles. The summed E-state index contributed by atoms with van der Waals surface area (Å²) in [6, 6.07) is 2.40. The second kappa shape index (κ2) is 6.54. The molecule has 1 aromatic heterocycles. The zero-order valence-corrected chi connectivity index (χ0v) is 7.81. The van der Waals surface area contributed by atoms with E-state index in [1.54, 1.807) is 24.5 Å². The normalized spacial score (nSPS) is 8.00. The highest BCUT2D eigenvalue weighted by molar-refractivity contribution is 7.62. The van der Waals surface area contributed by atoms with Gasteiger partial charge < -0.3 is 11.5 Å². The second-order valence-electron chi connectivity index (χ2n) is 1.93. The van der Waals surface area contributed by atoms with E-state index in [0.717, 1.165) is 0 Å². The Hall–Kier alpha value is -1.96. The molecule has 1 aromatic rings. The highest BCUT2D eigenvalue weighted by Crippen LogP contribution is 1.92. The van der Waals surface area contributed by atoms with Gasteiger partial charge in [-0.15, -0.1) is 0 Å². The molecule has 76 valence electrons. The number of amides is 2. The van der Waals surface area contributed by atoms with Crippen LogP contribution in [-0.2, 0) is 10.5 Å². The summed E-state index contributed by atoms with van der Waals surface area (Å²) in [7, 11) is -2.70. The van der Waals surface area contributed by atoms with Crippen LogP contribution in [0.4, 0.5) is 10.5 Å². The highest BCUT2D eigenvalue weighted by Gasteiger charge is 1.80.